The van der Waals surface area contributed by atoms with Gasteiger partial charge in [-0.3, -0.25) is 9.78 Å². The number of hydrogen-bond donors (Lipinski definition) is 0. The second-order valence-electron chi connectivity index (χ2n) is 6.80. The lowest BCUT2D eigenvalue weighted by Crippen LogP contribution is -2.50. The van der Waals surface area contributed by atoms with E-state index in [1.165, 1.54) is 11.0 Å². The van der Waals surface area contributed by atoms with E-state index in [9.17, 15) is 22.0 Å². The third-order valence-corrected chi connectivity index (χ3v) is 7.07. The predicted octanol–water partition coefficient (Wildman–Crippen LogP) is 3.31. The van der Waals surface area contributed by atoms with E-state index >= 15 is 0 Å². The first-order valence-electron chi connectivity index (χ1n) is 9.06. The van der Waals surface area contributed by atoms with Gasteiger partial charge < -0.3 is 4.90 Å². The Kier molecular flexibility index (Phi) is 5.44. The molecule has 10 heteroatoms. The molecule has 1 fully saturated rings. The number of rotatable bonds is 3. The summed E-state index contributed by atoms with van der Waals surface area (Å²) < 4.78 is 53.9. The van der Waals surface area contributed by atoms with Gasteiger partial charge in [-0.15, -0.1) is 0 Å². The van der Waals surface area contributed by atoms with Crippen LogP contribution in [0.25, 0.3) is 10.9 Å². The van der Waals surface area contributed by atoms with Crippen LogP contribution >= 0.6 is 11.6 Å². The van der Waals surface area contributed by atoms with Crippen molar-refractivity contribution in [3.63, 3.8) is 0 Å². The third kappa shape index (κ3) is 3.76. The molecule has 2 aromatic carbocycles. The molecule has 0 N–H and O–H groups in total. The molecule has 0 unspecified atom stereocenters. The molecule has 0 atom stereocenters. The van der Waals surface area contributed by atoms with E-state index < -0.39 is 26.6 Å². The van der Waals surface area contributed by atoms with Gasteiger partial charge in [0, 0.05) is 42.8 Å². The van der Waals surface area contributed by atoms with Gasteiger partial charge in [0.05, 0.1) is 11.1 Å². The Balaban J connectivity index is 1.55. The number of halogens is 3. The lowest BCUT2D eigenvalue weighted by molar-refractivity contribution is 0.0699. The number of aromatic nitrogens is 1. The van der Waals surface area contributed by atoms with Crippen LogP contribution < -0.4 is 0 Å². The SMILES string of the molecule is O=C(c1cc(Cl)cc2cccnc12)N1CCN(S(=O)(=O)c2cc(F)ccc2F)CC1. The topological polar surface area (TPSA) is 70.6 Å². The number of carbonyl (C=O) groups is 1. The summed E-state index contributed by atoms with van der Waals surface area (Å²) in [6.45, 7) is 0.0948. The molecule has 156 valence electrons. The van der Waals surface area contributed by atoms with Gasteiger partial charge in [-0.1, -0.05) is 17.7 Å². The maximum atomic E-state index is 14.0. The van der Waals surface area contributed by atoms with Crippen molar-refractivity contribution in [2.24, 2.45) is 0 Å². The molecular formula is C20H16ClF2N3O3S. The molecule has 0 aliphatic carbocycles. The van der Waals surface area contributed by atoms with Crippen LogP contribution in [0.5, 0.6) is 0 Å². The average molecular weight is 452 g/mol. The van der Waals surface area contributed by atoms with Gasteiger partial charge in [-0.2, -0.15) is 4.31 Å². The van der Waals surface area contributed by atoms with Crippen LogP contribution in [0.4, 0.5) is 8.78 Å². The average Bonchev–Trinajstić information content (AvgIpc) is 2.74. The van der Waals surface area contributed by atoms with Gasteiger partial charge in [-0.25, -0.2) is 17.2 Å². The largest absolute Gasteiger partial charge is 0.336 e. The molecule has 1 aliphatic rings. The first-order valence-corrected chi connectivity index (χ1v) is 10.9. The molecule has 1 saturated heterocycles. The number of sulfonamides is 1. The van der Waals surface area contributed by atoms with Crippen molar-refractivity contribution in [1.82, 2.24) is 14.2 Å². The first kappa shape index (κ1) is 20.6. The number of piperazine rings is 1. The first-order chi connectivity index (χ1) is 14.3. The van der Waals surface area contributed by atoms with E-state index in [0.29, 0.717) is 22.2 Å². The second-order valence-corrected chi connectivity index (χ2v) is 9.14. The lowest BCUT2D eigenvalue weighted by Gasteiger charge is -2.34. The monoisotopic (exact) mass is 451 g/mol. The third-order valence-electron chi connectivity index (χ3n) is 4.94. The summed E-state index contributed by atoms with van der Waals surface area (Å²) in [5.74, 6) is -2.19. The van der Waals surface area contributed by atoms with Crippen molar-refractivity contribution in [2.45, 2.75) is 4.90 Å². The fraction of sp³-hybridized carbons (Fsp3) is 0.200. The molecule has 0 bridgehead atoms. The van der Waals surface area contributed by atoms with Crippen LogP contribution in [0.3, 0.4) is 0 Å². The summed E-state index contributed by atoms with van der Waals surface area (Å²) in [6, 6.07) is 9.06. The summed E-state index contributed by atoms with van der Waals surface area (Å²) in [5, 5.41) is 1.11. The maximum Gasteiger partial charge on any atom is 0.256 e. The highest BCUT2D eigenvalue weighted by atomic mass is 35.5. The van der Waals surface area contributed by atoms with E-state index in [2.05, 4.69) is 4.98 Å². The molecular weight excluding hydrogens is 436 g/mol. The lowest BCUT2D eigenvalue weighted by atomic mass is 10.1. The van der Waals surface area contributed by atoms with Crippen molar-refractivity contribution in [3.8, 4) is 0 Å². The number of nitrogens with zero attached hydrogens (tertiary/aromatic N) is 3. The molecule has 1 amide bonds. The van der Waals surface area contributed by atoms with Gasteiger partial charge >= 0.3 is 0 Å². The molecule has 1 aliphatic heterocycles. The van der Waals surface area contributed by atoms with Crippen molar-refractivity contribution >= 4 is 38.4 Å². The second kappa shape index (κ2) is 7.90. The van der Waals surface area contributed by atoms with Crippen molar-refractivity contribution in [2.75, 3.05) is 26.2 Å². The van der Waals surface area contributed by atoms with E-state index in [1.54, 1.807) is 24.4 Å². The normalized spacial score (nSPS) is 15.5. The van der Waals surface area contributed by atoms with E-state index in [-0.39, 0.29) is 32.1 Å². The molecule has 1 aromatic heterocycles. The van der Waals surface area contributed by atoms with Crippen LogP contribution in [-0.4, -0.2) is 54.7 Å². The van der Waals surface area contributed by atoms with Gasteiger partial charge in [0.1, 0.15) is 16.5 Å². The molecule has 0 radical (unpaired) electrons. The van der Waals surface area contributed by atoms with E-state index in [4.69, 9.17) is 11.6 Å². The minimum Gasteiger partial charge on any atom is -0.336 e. The standard InChI is InChI=1S/C20H16ClF2N3O3S/c21-14-10-13-2-1-5-24-19(13)16(11-14)20(27)25-6-8-26(9-7-25)30(28,29)18-12-15(22)3-4-17(18)23/h1-5,10-12H,6-9H2. The highest BCUT2D eigenvalue weighted by Crippen LogP contribution is 2.25. The van der Waals surface area contributed by atoms with Gasteiger partial charge in [0.2, 0.25) is 10.0 Å². The van der Waals surface area contributed by atoms with Gasteiger partial charge in [-0.05, 0) is 36.4 Å². The number of fused-ring (bicyclic) bond motifs is 1. The Labute approximate surface area is 176 Å². The van der Waals surface area contributed by atoms with Crippen molar-refractivity contribution < 1.29 is 22.0 Å². The zero-order chi connectivity index (χ0) is 21.5. The Bertz CT molecular complexity index is 1250. The van der Waals surface area contributed by atoms with E-state index in [0.717, 1.165) is 21.8 Å². The minimum atomic E-state index is -4.22. The Morgan fingerprint density at radius 3 is 2.50 bits per heavy atom. The smallest absolute Gasteiger partial charge is 0.256 e. The van der Waals surface area contributed by atoms with Gasteiger partial charge in [0.15, 0.2) is 0 Å². The number of hydrogen-bond acceptors (Lipinski definition) is 4. The summed E-state index contributed by atoms with van der Waals surface area (Å²) in [6.07, 6.45) is 1.57. The maximum absolute atomic E-state index is 14.0. The summed E-state index contributed by atoms with van der Waals surface area (Å²) in [5.41, 5.74) is 0.828. The zero-order valence-electron chi connectivity index (χ0n) is 15.6. The molecule has 3 aromatic rings. The highest BCUT2D eigenvalue weighted by molar-refractivity contribution is 7.89. The quantitative estimate of drug-likeness (QED) is 0.612. The molecule has 4 rings (SSSR count). The summed E-state index contributed by atoms with van der Waals surface area (Å²) >= 11 is 6.13. The fourth-order valence-corrected chi connectivity index (χ4v) is 5.16. The summed E-state index contributed by atoms with van der Waals surface area (Å²) in [7, 11) is -4.22. The predicted molar refractivity (Wildman–Crippen MR) is 108 cm³/mol. The van der Waals surface area contributed by atoms with E-state index in [1.807, 2.05) is 0 Å². The fourth-order valence-electron chi connectivity index (χ4n) is 3.43. The Morgan fingerprint density at radius 2 is 1.77 bits per heavy atom. The number of pyridine rings is 1. The molecule has 30 heavy (non-hydrogen) atoms. The van der Waals surface area contributed by atoms with Crippen molar-refractivity contribution in [1.29, 1.82) is 0 Å². The number of carbonyl (C=O) groups excluding carboxylic acids is 1. The van der Waals surface area contributed by atoms with Crippen LogP contribution in [0, 0.1) is 11.6 Å². The zero-order valence-corrected chi connectivity index (χ0v) is 17.1. The Hall–Kier alpha value is -2.62. The van der Waals surface area contributed by atoms with Crippen molar-refractivity contribution in [3.05, 3.63) is 70.9 Å². The van der Waals surface area contributed by atoms with Crippen LogP contribution in [0.1, 0.15) is 10.4 Å². The molecule has 6 nitrogen and oxygen atoms in total. The van der Waals surface area contributed by atoms with Gasteiger partial charge in [0.25, 0.3) is 5.91 Å². The minimum absolute atomic E-state index is 0.0457. The van der Waals surface area contributed by atoms with Crippen LogP contribution in [0.2, 0.25) is 5.02 Å². The highest BCUT2D eigenvalue weighted by Gasteiger charge is 2.33. The molecule has 0 saturated carbocycles. The van der Waals surface area contributed by atoms with Crippen LogP contribution in [-0.2, 0) is 10.0 Å². The number of amides is 1. The Morgan fingerprint density at radius 1 is 1.03 bits per heavy atom. The van der Waals surface area contributed by atoms with Crippen LogP contribution in [0.15, 0.2) is 53.6 Å². The summed E-state index contributed by atoms with van der Waals surface area (Å²) in [4.78, 5) is 18.1. The molecule has 0 spiro atoms. The number of benzene rings is 2. The molecule has 2 heterocycles.